The Morgan fingerprint density at radius 2 is 1.83 bits per heavy atom. The van der Waals surface area contributed by atoms with E-state index in [-0.39, 0.29) is 23.5 Å². The molecule has 0 radical (unpaired) electrons. The van der Waals surface area contributed by atoms with Crippen molar-refractivity contribution in [3.8, 4) is 5.75 Å². The van der Waals surface area contributed by atoms with Gasteiger partial charge in [-0.1, -0.05) is 57.2 Å². The summed E-state index contributed by atoms with van der Waals surface area (Å²) >= 11 is 0. The lowest BCUT2D eigenvalue weighted by atomic mass is 10.0. The van der Waals surface area contributed by atoms with E-state index in [1.165, 1.54) is 5.56 Å². The van der Waals surface area contributed by atoms with Gasteiger partial charge in [0.05, 0.1) is 23.7 Å². The average Bonchev–Trinajstić information content (AvgIpc) is 3.10. The van der Waals surface area contributed by atoms with Gasteiger partial charge in [0.25, 0.3) is 5.91 Å². The van der Waals surface area contributed by atoms with E-state index >= 15 is 0 Å². The Balaban J connectivity index is 1.91. The number of ether oxygens (including phenoxy) is 1. The Hall–Kier alpha value is -2.34. The van der Waals surface area contributed by atoms with Crippen LogP contribution in [0.4, 0.5) is 0 Å². The molecule has 3 rings (SSSR count). The number of benzene rings is 2. The minimum Gasteiger partial charge on any atom is -0.493 e. The summed E-state index contributed by atoms with van der Waals surface area (Å²) in [6.45, 7) is 7.20. The predicted molar refractivity (Wildman–Crippen MR) is 120 cm³/mol. The lowest BCUT2D eigenvalue weighted by Gasteiger charge is -2.29. The van der Waals surface area contributed by atoms with Crippen molar-refractivity contribution in [2.75, 3.05) is 18.1 Å². The van der Waals surface area contributed by atoms with Gasteiger partial charge in [-0.15, -0.1) is 0 Å². The molecule has 0 bridgehead atoms. The lowest BCUT2D eigenvalue weighted by molar-refractivity contribution is 0.0676. The zero-order chi connectivity index (χ0) is 21.7. The van der Waals surface area contributed by atoms with Crippen LogP contribution in [0.3, 0.4) is 0 Å². The minimum absolute atomic E-state index is 0.0147. The zero-order valence-corrected chi connectivity index (χ0v) is 18.8. The summed E-state index contributed by atoms with van der Waals surface area (Å²) in [6, 6.07) is 15.1. The van der Waals surface area contributed by atoms with Crippen molar-refractivity contribution in [3.05, 3.63) is 65.2 Å². The highest BCUT2D eigenvalue weighted by atomic mass is 32.2. The van der Waals surface area contributed by atoms with E-state index < -0.39 is 9.84 Å². The molecule has 1 fully saturated rings. The molecule has 1 aliphatic heterocycles. The first-order valence-corrected chi connectivity index (χ1v) is 12.4. The van der Waals surface area contributed by atoms with Gasteiger partial charge in [-0.05, 0) is 42.0 Å². The number of nitrogens with zero attached hydrogens (tertiary/aromatic N) is 1. The average molecular weight is 430 g/mol. The summed E-state index contributed by atoms with van der Waals surface area (Å²) in [5, 5.41) is 0. The van der Waals surface area contributed by atoms with Crippen LogP contribution in [0, 0.1) is 0 Å². The van der Waals surface area contributed by atoms with Gasteiger partial charge in [0.15, 0.2) is 9.84 Å². The first-order chi connectivity index (χ1) is 14.3. The lowest BCUT2D eigenvalue weighted by Crippen LogP contribution is -2.40. The summed E-state index contributed by atoms with van der Waals surface area (Å²) < 4.78 is 30.0. The second-order valence-corrected chi connectivity index (χ2v) is 10.5. The van der Waals surface area contributed by atoms with Crippen LogP contribution in [0.15, 0.2) is 48.5 Å². The van der Waals surface area contributed by atoms with Crippen molar-refractivity contribution in [1.82, 2.24) is 4.90 Å². The van der Waals surface area contributed by atoms with Gasteiger partial charge in [-0.25, -0.2) is 8.42 Å². The highest BCUT2D eigenvalue weighted by molar-refractivity contribution is 7.91. The highest BCUT2D eigenvalue weighted by Crippen LogP contribution is 2.27. The van der Waals surface area contributed by atoms with Crippen LogP contribution in [0.1, 0.15) is 61.0 Å². The summed E-state index contributed by atoms with van der Waals surface area (Å²) in [6.07, 6.45) is 1.31. The van der Waals surface area contributed by atoms with Crippen LogP contribution in [0.25, 0.3) is 0 Å². The molecular weight excluding hydrogens is 398 g/mol. The van der Waals surface area contributed by atoms with Crippen LogP contribution >= 0.6 is 0 Å². The van der Waals surface area contributed by atoms with Gasteiger partial charge in [0, 0.05) is 12.6 Å². The number of hydrogen-bond acceptors (Lipinski definition) is 4. The third kappa shape index (κ3) is 5.42. The smallest absolute Gasteiger partial charge is 0.258 e. The third-order valence-electron chi connectivity index (χ3n) is 5.49. The molecule has 0 unspecified atom stereocenters. The van der Waals surface area contributed by atoms with Crippen LogP contribution in [0.2, 0.25) is 0 Å². The van der Waals surface area contributed by atoms with E-state index in [0.29, 0.717) is 36.8 Å². The second kappa shape index (κ2) is 9.65. The van der Waals surface area contributed by atoms with E-state index in [4.69, 9.17) is 4.74 Å². The van der Waals surface area contributed by atoms with Gasteiger partial charge in [0.1, 0.15) is 5.75 Å². The first-order valence-electron chi connectivity index (χ1n) is 10.6. The topological polar surface area (TPSA) is 63.7 Å². The molecule has 2 aromatic carbocycles. The number of carbonyl (C=O) groups is 1. The Kier molecular flexibility index (Phi) is 7.19. The molecule has 0 aliphatic carbocycles. The molecule has 1 heterocycles. The predicted octanol–water partition coefficient (Wildman–Crippen LogP) is 4.43. The highest BCUT2D eigenvalue weighted by Gasteiger charge is 2.35. The fraction of sp³-hybridized carbons (Fsp3) is 0.458. The number of hydrogen-bond donors (Lipinski definition) is 0. The van der Waals surface area contributed by atoms with E-state index in [0.717, 1.165) is 12.0 Å². The van der Waals surface area contributed by atoms with Gasteiger partial charge in [0.2, 0.25) is 0 Å². The Bertz CT molecular complexity index is 967. The maximum atomic E-state index is 13.6. The molecule has 1 aliphatic rings. The maximum Gasteiger partial charge on any atom is 0.258 e. The largest absolute Gasteiger partial charge is 0.493 e. The summed E-state index contributed by atoms with van der Waals surface area (Å²) in [5.41, 5.74) is 2.71. The van der Waals surface area contributed by atoms with Crippen molar-refractivity contribution in [3.63, 3.8) is 0 Å². The molecule has 0 spiro atoms. The fourth-order valence-corrected chi connectivity index (χ4v) is 5.46. The molecule has 0 aromatic heterocycles. The summed E-state index contributed by atoms with van der Waals surface area (Å²) in [5.74, 6) is 0.934. The quantitative estimate of drug-likeness (QED) is 0.623. The second-order valence-electron chi connectivity index (χ2n) is 8.23. The van der Waals surface area contributed by atoms with Gasteiger partial charge in [-0.3, -0.25) is 4.79 Å². The molecule has 2 aromatic rings. The Labute approximate surface area is 180 Å². The maximum absolute atomic E-state index is 13.6. The standard InChI is InChI=1S/C24H31NO4S/c1-4-14-29-23-8-6-5-7-22(23)24(26)25(21-13-15-30(27,28)17-21)16-19-9-11-20(12-10-19)18(2)3/h5-12,18,21H,4,13-17H2,1-3H3/t21-/m0/s1. The zero-order valence-electron chi connectivity index (χ0n) is 18.0. The molecule has 1 saturated heterocycles. The van der Waals surface area contributed by atoms with E-state index in [9.17, 15) is 13.2 Å². The first kappa shape index (κ1) is 22.3. The molecule has 30 heavy (non-hydrogen) atoms. The molecule has 162 valence electrons. The molecule has 1 amide bonds. The number of rotatable bonds is 8. The van der Waals surface area contributed by atoms with Crippen molar-refractivity contribution >= 4 is 15.7 Å². The molecular formula is C24H31NO4S. The van der Waals surface area contributed by atoms with E-state index in [1.54, 1.807) is 17.0 Å². The van der Waals surface area contributed by atoms with E-state index in [2.05, 4.69) is 26.0 Å². The molecule has 6 heteroatoms. The van der Waals surface area contributed by atoms with Crippen molar-refractivity contribution < 1.29 is 17.9 Å². The van der Waals surface area contributed by atoms with Crippen molar-refractivity contribution in [1.29, 1.82) is 0 Å². The number of sulfone groups is 1. The van der Waals surface area contributed by atoms with Gasteiger partial charge in [-0.2, -0.15) is 0 Å². The van der Waals surface area contributed by atoms with E-state index in [1.807, 2.05) is 31.2 Å². The van der Waals surface area contributed by atoms with Crippen LogP contribution in [-0.2, 0) is 16.4 Å². The normalized spacial score (nSPS) is 17.8. The molecule has 5 nitrogen and oxygen atoms in total. The summed E-state index contributed by atoms with van der Waals surface area (Å²) in [4.78, 5) is 15.3. The molecule has 1 atom stereocenters. The third-order valence-corrected chi connectivity index (χ3v) is 7.24. The Morgan fingerprint density at radius 1 is 1.13 bits per heavy atom. The van der Waals surface area contributed by atoms with Crippen LogP contribution < -0.4 is 4.74 Å². The minimum atomic E-state index is -3.12. The number of amides is 1. The molecule has 0 N–H and O–H groups in total. The monoisotopic (exact) mass is 429 g/mol. The number of para-hydroxylation sites is 1. The summed E-state index contributed by atoms with van der Waals surface area (Å²) in [7, 11) is -3.12. The molecule has 0 saturated carbocycles. The van der Waals surface area contributed by atoms with Gasteiger partial charge >= 0.3 is 0 Å². The SMILES string of the molecule is CCCOc1ccccc1C(=O)N(Cc1ccc(C(C)C)cc1)[C@H]1CCS(=O)(=O)C1. The number of carbonyl (C=O) groups excluding carboxylic acids is 1. The van der Waals surface area contributed by atoms with Gasteiger partial charge < -0.3 is 9.64 Å². The van der Waals surface area contributed by atoms with Crippen molar-refractivity contribution in [2.45, 2.75) is 52.1 Å². The van der Waals surface area contributed by atoms with Crippen LogP contribution in [0.5, 0.6) is 5.75 Å². The van der Waals surface area contributed by atoms with Crippen LogP contribution in [-0.4, -0.2) is 43.4 Å². The Morgan fingerprint density at radius 3 is 2.43 bits per heavy atom. The van der Waals surface area contributed by atoms with Crippen molar-refractivity contribution in [2.24, 2.45) is 0 Å². The fourth-order valence-electron chi connectivity index (χ4n) is 3.73.